The first-order valence-electron chi connectivity index (χ1n) is 7.71. The Kier molecular flexibility index (Phi) is 4.50. The Morgan fingerprint density at radius 3 is 2.42 bits per heavy atom. The second-order valence-corrected chi connectivity index (χ2v) is 9.69. The van der Waals surface area contributed by atoms with Crippen molar-refractivity contribution in [3.05, 3.63) is 52.9 Å². The molecule has 1 aromatic heterocycles. The number of benzene rings is 1. The number of sulfonamides is 1. The van der Waals surface area contributed by atoms with Crippen LogP contribution in [-0.2, 0) is 26.8 Å². The van der Waals surface area contributed by atoms with Crippen LogP contribution in [0.5, 0.6) is 0 Å². The molecule has 1 fully saturated rings. The van der Waals surface area contributed by atoms with Gasteiger partial charge in [-0.2, -0.15) is 0 Å². The Bertz CT molecular complexity index is 838. The van der Waals surface area contributed by atoms with Gasteiger partial charge in [-0.25, -0.2) is 12.7 Å². The molecule has 0 aliphatic heterocycles. The zero-order valence-electron chi connectivity index (χ0n) is 13.7. The highest BCUT2D eigenvalue weighted by Gasteiger charge is 2.50. The monoisotopic (exact) mass is 364 g/mol. The summed E-state index contributed by atoms with van der Waals surface area (Å²) >= 11 is 1.19. The van der Waals surface area contributed by atoms with Gasteiger partial charge in [0, 0.05) is 19.0 Å². The number of carbonyl (C=O) groups is 1. The molecular formula is C17H20N2O3S2. The third-order valence-corrected chi connectivity index (χ3v) is 7.67. The highest BCUT2D eigenvalue weighted by Crippen LogP contribution is 2.48. The van der Waals surface area contributed by atoms with Crippen LogP contribution in [0, 0.1) is 0 Å². The first kappa shape index (κ1) is 17.1. The van der Waals surface area contributed by atoms with Crippen molar-refractivity contribution in [1.29, 1.82) is 0 Å². The Hall–Kier alpha value is -1.70. The fraction of sp³-hybridized carbons (Fsp3) is 0.353. The van der Waals surface area contributed by atoms with Crippen molar-refractivity contribution in [3.8, 4) is 0 Å². The van der Waals surface area contributed by atoms with Gasteiger partial charge in [0.1, 0.15) is 4.21 Å². The van der Waals surface area contributed by atoms with E-state index in [1.54, 1.807) is 12.1 Å². The van der Waals surface area contributed by atoms with E-state index in [1.807, 2.05) is 30.3 Å². The lowest BCUT2D eigenvalue weighted by Crippen LogP contribution is -2.34. The first-order chi connectivity index (χ1) is 11.4. The van der Waals surface area contributed by atoms with E-state index in [9.17, 15) is 13.2 Å². The van der Waals surface area contributed by atoms with Crippen molar-refractivity contribution in [2.24, 2.45) is 0 Å². The molecule has 2 aromatic rings. The van der Waals surface area contributed by atoms with Crippen LogP contribution in [0.15, 0.2) is 46.7 Å². The van der Waals surface area contributed by atoms with Gasteiger partial charge >= 0.3 is 0 Å². The highest BCUT2D eigenvalue weighted by molar-refractivity contribution is 7.91. The zero-order valence-corrected chi connectivity index (χ0v) is 15.3. The summed E-state index contributed by atoms with van der Waals surface area (Å²) in [6, 6.07) is 13.1. The summed E-state index contributed by atoms with van der Waals surface area (Å²) < 4.78 is 25.7. The summed E-state index contributed by atoms with van der Waals surface area (Å²) in [5, 5.41) is 2.96. The fourth-order valence-electron chi connectivity index (χ4n) is 2.64. The van der Waals surface area contributed by atoms with E-state index < -0.39 is 15.4 Å². The second kappa shape index (κ2) is 6.31. The van der Waals surface area contributed by atoms with E-state index in [-0.39, 0.29) is 5.91 Å². The number of thiophene rings is 1. The number of carbonyl (C=O) groups excluding carboxylic acids is 1. The lowest BCUT2D eigenvalue weighted by atomic mass is 9.95. The molecule has 1 aliphatic carbocycles. The fourth-order valence-corrected chi connectivity index (χ4v) is 5.10. The molecular weight excluding hydrogens is 344 g/mol. The van der Waals surface area contributed by atoms with Crippen molar-refractivity contribution in [2.75, 3.05) is 14.1 Å². The van der Waals surface area contributed by atoms with E-state index in [2.05, 4.69) is 5.32 Å². The maximum atomic E-state index is 12.6. The summed E-state index contributed by atoms with van der Waals surface area (Å²) in [5.74, 6) is 0.0131. The molecule has 1 aromatic carbocycles. The molecule has 5 nitrogen and oxygen atoms in total. The van der Waals surface area contributed by atoms with Gasteiger partial charge in [-0.15, -0.1) is 11.3 Å². The van der Waals surface area contributed by atoms with Crippen LogP contribution in [0.4, 0.5) is 0 Å². The van der Waals surface area contributed by atoms with Gasteiger partial charge in [0.2, 0.25) is 5.91 Å². The van der Waals surface area contributed by atoms with E-state index in [0.717, 1.165) is 23.3 Å². The van der Waals surface area contributed by atoms with Gasteiger partial charge in [0.25, 0.3) is 10.0 Å². The Labute approximate surface area is 146 Å². The number of hydrogen-bond donors (Lipinski definition) is 1. The van der Waals surface area contributed by atoms with E-state index in [0.29, 0.717) is 10.8 Å². The molecule has 1 N–H and O–H groups in total. The second-order valence-electron chi connectivity index (χ2n) is 6.14. The van der Waals surface area contributed by atoms with Crippen molar-refractivity contribution in [2.45, 2.75) is 29.0 Å². The quantitative estimate of drug-likeness (QED) is 0.856. The smallest absolute Gasteiger partial charge is 0.252 e. The molecule has 0 unspecified atom stereocenters. The van der Waals surface area contributed by atoms with Gasteiger partial charge in [-0.1, -0.05) is 30.3 Å². The highest BCUT2D eigenvalue weighted by atomic mass is 32.2. The van der Waals surface area contributed by atoms with E-state index >= 15 is 0 Å². The Balaban J connectivity index is 1.67. The third kappa shape index (κ3) is 3.11. The SMILES string of the molecule is CN(C)S(=O)(=O)c1ccc(CNC(=O)C2(c3ccccc3)CC2)s1. The number of rotatable bonds is 6. The van der Waals surface area contributed by atoms with Gasteiger partial charge in [-0.05, 0) is 30.5 Å². The molecule has 0 spiro atoms. The number of nitrogens with zero attached hydrogens (tertiary/aromatic N) is 1. The van der Waals surface area contributed by atoms with Crippen LogP contribution in [-0.4, -0.2) is 32.7 Å². The normalized spacial score (nSPS) is 16.1. The Morgan fingerprint density at radius 2 is 1.83 bits per heavy atom. The summed E-state index contributed by atoms with van der Waals surface area (Å²) in [7, 11) is -0.400. The zero-order chi connectivity index (χ0) is 17.4. The van der Waals surface area contributed by atoms with Crippen molar-refractivity contribution in [3.63, 3.8) is 0 Å². The van der Waals surface area contributed by atoms with Gasteiger partial charge in [-0.3, -0.25) is 4.79 Å². The topological polar surface area (TPSA) is 66.5 Å². The molecule has 7 heteroatoms. The largest absolute Gasteiger partial charge is 0.350 e. The molecule has 0 bridgehead atoms. The summed E-state index contributed by atoms with van der Waals surface area (Å²) in [6.45, 7) is 0.348. The van der Waals surface area contributed by atoms with Crippen molar-refractivity contribution < 1.29 is 13.2 Å². The van der Waals surface area contributed by atoms with Gasteiger partial charge < -0.3 is 5.32 Å². The Morgan fingerprint density at radius 1 is 1.17 bits per heavy atom. The average molecular weight is 364 g/mol. The van der Waals surface area contributed by atoms with Crippen molar-refractivity contribution in [1.82, 2.24) is 9.62 Å². The molecule has 1 heterocycles. The average Bonchev–Trinajstić information content (AvgIpc) is 3.24. The molecule has 1 saturated carbocycles. The number of nitrogens with one attached hydrogen (secondary N) is 1. The maximum Gasteiger partial charge on any atom is 0.252 e. The molecule has 0 saturated heterocycles. The van der Waals surface area contributed by atoms with E-state index in [4.69, 9.17) is 0 Å². The first-order valence-corrected chi connectivity index (χ1v) is 9.97. The molecule has 1 aliphatic rings. The lowest BCUT2D eigenvalue weighted by Gasteiger charge is -2.15. The van der Waals surface area contributed by atoms with Gasteiger partial charge in [0.05, 0.1) is 12.0 Å². The van der Waals surface area contributed by atoms with Crippen LogP contribution < -0.4 is 5.32 Å². The molecule has 3 rings (SSSR count). The summed E-state index contributed by atoms with van der Waals surface area (Å²) in [6.07, 6.45) is 1.71. The molecule has 0 atom stereocenters. The van der Waals surface area contributed by atoms with Crippen LogP contribution in [0.1, 0.15) is 23.3 Å². The van der Waals surface area contributed by atoms with Crippen LogP contribution in [0.3, 0.4) is 0 Å². The minimum atomic E-state index is -3.41. The number of hydrogen-bond acceptors (Lipinski definition) is 4. The number of amides is 1. The van der Waals surface area contributed by atoms with E-state index in [1.165, 1.54) is 29.7 Å². The van der Waals surface area contributed by atoms with Gasteiger partial charge in [0.15, 0.2) is 0 Å². The van der Waals surface area contributed by atoms with Crippen molar-refractivity contribution >= 4 is 27.3 Å². The predicted octanol–water partition coefficient (Wildman–Crippen LogP) is 2.35. The predicted molar refractivity (Wildman–Crippen MR) is 94.4 cm³/mol. The lowest BCUT2D eigenvalue weighted by molar-refractivity contribution is -0.123. The summed E-state index contributed by atoms with van der Waals surface area (Å²) in [5.41, 5.74) is 0.640. The minimum Gasteiger partial charge on any atom is -0.350 e. The van der Waals surface area contributed by atoms with Crippen LogP contribution in [0.25, 0.3) is 0 Å². The van der Waals surface area contributed by atoms with Crippen LogP contribution >= 0.6 is 11.3 Å². The molecule has 24 heavy (non-hydrogen) atoms. The van der Waals surface area contributed by atoms with Crippen LogP contribution in [0.2, 0.25) is 0 Å². The molecule has 0 radical (unpaired) electrons. The minimum absolute atomic E-state index is 0.0131. The molecule has 1 amide bonds. The third-order valence-electron chi connectivity index (χ3n) is 4.31. The molecule has 128 valence electrons. The maximum absolute atomic E-state index is 12.6. The summed E-state index contributed by atoms with van der Waals surface area (Å²) in [4.78, 5) is 13.4. The standard InChI is InChI=1S/C17H20N2O3S2/c1-19(2)24(21,22)15-9-8-14(23-15)12-18-16(20)17(10-11-17)13-6-4-3-5-7-13/h3-9H,10-12H2,1-2H3,(H,18,20).